The van der Waals surface area contributed by atoms with E-state index in [0.29, 0.717) is 28.5 Å². The zero-order valence-corrected chi connectivity index (χ0v) is 14.0. The van der Waals surface area contributed by atoms with Gasteiger partial charge in [-0.15, -0.1) is 0 Å². The van der Waals surface area contributed by atoms with Crippen LogP contribution in [0.3, 0.4) is 0 Å². The lowest BCUT2D eigenvalue weighted by Gasteiger charge is -2.10. The Balaban J connectivity index is 1.92. The fourth-order valence-corrected chi connectivity index (χ4v) is 2.43. The first-order chi connectivity index (χ1) is 11.5. The molecule has 0 saturated carbocycles. The average molecular weight is 326 g/mol. The molecule has 0 aliphatic carbocycles. The molecule has 3 aromatic rings. The summed E-state index contributed by atoms with van der Waals surface area (Å²) in [6, 6.07) is 8.70. The number of ether oxygens (including phenoxy) is 2. The number of nitrogens with zero attached hydrogens (tertiary/aromatic N) is 3. The highest BCUT2D eigenvalue weighted by Crippen LogP contribution is 2.26. The van der Waals surface area contributed by atoms with Crippen molar-refractivity contribution in [2.45, 2.75) is 13.8 Å². The highest BCUT2D eigenvalue weighted by atomic mass is 16.5. The molecule has 3 rings (SSSR count). The van der Waals surface area contributed by atoms with Crippen LogP contribution < -0.4 is 14.8 Å². The summed E-state index contributed by atoms with van der Waals surface area (Å²) in [6.07, 6.45) is 0. The van der Waals surface area contributed by atoms with Crippen LogP contribution in [0.1, 0.15) is 21.9 Å². The van der Waals surface area contributed by atoms with Crippen molar-refractivity contribution in [3.05, 3.63) is 47.4 Å². The topological polar surface area (TPSA) is 77.8 Å². The summed E-state index contributed by atoms with van der Waals surface area (Å²) < 4.78 is 12.1. The number of fused-ring (bicyclic) bond motifs is 1. The summed E-state index contributed by atoms with van der Waals surface area (Å²) in [5.74, 6) is 0.876. The van der Waals surface area contributed by atoms with E-state index in [4.69, 9.17) is 9.47 Å². The lowest BCUT2D eigenvalue weighted by atomic mass is 10.2. The molecule has 1 aromatic carbocycles. The fraction of sp³-hybridized carbons (Fsp3) is 0.235. The van der Waals surface area contributed by atoms with Crippen molar-refractivity contribution in [3.8, 4) is 11.5 Å². The van der Waals surface area contributed by atoms with Gasteiger partial charge in [0.15, 0.2) is 5.65 Å². The molecule has 0 fully saturated rings. The van der Waals surface area contributed by atoms with Crippen LogP contribution in [0.15, 0.2) is 30.3 Å². The summed E-state index contributed by atoms with van der Waals surface area (Å²) in [6.45, 7) is 3.77. The molecule has 0 spiro atoms. The van der Waals surface area contributed by atoms with Gasteiger partial charge in [0.2, 0.25) is 0 Å². The van der Waals surface area contributed by atoms with Gasteiger partial charge in [-0.3, -0.25) is 4.79 Å². The Bertz CT molecular complexity index is 895. The van der Waals surface area contributed by atoms with E-state index < -0.39 is 0 Å². The Morgan fingerprint density at radius 3 is 2.33 bits per heavy atom. The van der Waals surface area contributed by atoms with Gasteiger partial charge in [0.1, 0.15) is 17.2 Å². The molecule has 2 aromatic heterocycles. The molecular formula is C17H18N4O3. The standard InChI is InChI=1S/C17H18N4O3/c1-10-5-16-19-15(6-11(2)21(16)20-10)17(22)18-12-7-13(23-3)9-14(8-12)24-4/h5-9H,1-4H3,(H,18,22). The summed E-state index contributed by atoms with van der Waals surface area (Å²) in [5, 5.41) is 7.15. The number of hydrogen-bond donors (Lipinski definition) is 1. The summed E-state index contributed by atoms with van der Waals surface area (Å²) in [4.78, 5) is 16.9. The number of carbonyl (C=O) groups excluding carboxylic acids is 1. The van der Waals surface area contributed by atoms with E-state index in [9.17, 15) is 4.79 Å². The van der Waals surface area contributed by atoms with Crippen LogP contribution in [0, 0.1) is 13.8 Å². The van der Waals surface area contributed by atoms with Crippen LogP contribution in [0.2, 0.25) is 0 Å². The van der Waals surface area contributed by atoms with Gasteiger partial charge in [0, 0.05) is 35.6 Å². The first-order valence-electron chi connectivity index (χ1n) is 7.38. The molecule has 124 valence electrons. The maximum absolute atomic E-state index is 12.5. The quantitative estimate of drug-likeness (QED) is 0.797. The number of amides is 1. The van der Waals surface area contributed by atoms with Crippen LogP contribution in [-0.4, -0.2) is 34.7 Å². The maximum Gasteiger partial charge on any atom is 0.274 e. The fourth-order valence-electron chi connectivity index (χ4n) is 2.43. The van der Waals surface area contributed by atoms with Crippen molar-refractivity contribution in [2.24, 2.45) is 0 Å². The molecule has 0 aliphatic rings. The third kappa shape index (κ3) is 3.01. The van der Waals surface area contributed by atoms with Gasteiger partial charge in [0.25, 0.3) is 5.91 Å². The van der Waals surface area contributed by atoms with Crippen LogP contribution in [-0.2, 0) is 0 Å². The molecule has 7 nitrogen and oxygen atoms in total. The molecule has 0 unspecified atom stereocenters. The van der Waals surface area contributed by atoms with Gasteiger partial charge < -0.3 is 14.8 Å². The predicted octanol–water partition coefficient (Wildman–Crippen LogP) is 2.62. The van der Waals surface area contributed by atoms with Gasteiger partial charge in [-0.25, -0.2) is 9.50 Å². The number of anilines is 1. The minimum atomic E-state index is -0.310. The Morgan fingerprint density at radius 2 is 1.71 bits per heavy atom. The van der Waals surface area contributed by atoms with E-state index in [2.05, 4.69) is 15.4 Å². The Morgan fingerprint density at radius 1 is 1.04 bits per heavy atom. The molecule has 1 N–H and O–H groups in total. The second-order valence-corrected chi connectivity index (χ2v) is 5.39. The van der Waals surface area contributed by atoms with E-state index in [-0.39, 0.29) is 5.91 Å². The molecule has 2 heterocycles. The zero-order valence-electron chi connectivity index (χ0n) is 14.0. The molecule has 0 atom stereocenters. The van der Waals surface area contributed by atoms with Crippen LogP contribution >= 0.6 is 0 Å². The largest absolute Gasteiger partial charge is 0.497 e. The van der Waals surface area contributed by atoms with Crippen molar-refractivity contribution < 1.29 is 14.3 Å². The molecular weight excluding hydrogens is 308 g/mol. The second kappa shape index (κ2) is 6.19. The third-order valence-corrected chi connectivity index (χ3v) is 3.57. The highest BCUT2D eigenvalue weighted by Gasteiger charge is 2.13. The van der Waals surface area contributed by atoms with Crippen molar-refractivity contribution in [2.75, 3.05) is 19.5 Å². The lowest BCUT2D eigenvalue weighted by molar-refractivity contribution is 0.102. The first-order valence-corrected chi connectivity index (χ1v) is 7.38. The molecule has 24 heavy (non-hydrogen) atoms. The number of methoxy groups -OCH3 is 2. The smallest absolute Gasteiger partial charge is 0.274 e. The molecule has 0 saturated heterocycles. The number of aromatic nitrogens is 3. The van der Waals surface area contributed by atoms with Gasteiger partial charge in [0.05, 0.1) is 19.9 Å². The summed E-state index contributed by atoms with van der Waals surface area (Å²) in [7, 11) is 3.11. The molecule has 1 amide bonds. The van der Waals surface area contributed by atoms with E-state index >= 15 is 0 Å². The third-order valence-electron chi connectivity index (χ3n) is 3.57. The number of benzene rings is 1. The number of aryl methyl sites for hydroxylation is 2. The average Bonchev–Trinajstić information content (AvgIpc) is 2.95. The number of hydrogen-bond acceptors (Lipinski definition) is 5. The zero-order chi connectivity index (χ0) is 17.3. The van der Waals surface area contributed by atoms with Gasteiger partial charge in [-0.2, -0.15) is 5.10 Å². The van der Waals surface area contributed by atoms with Gasteiger partial charge in [-0.1, -0.05) is 0 Å². The van der Waals surface area contributed by atoms with Crippen LogP contribution in [0.5, 0.6) is 11.5 Å². The number of nitrogens with one attached hydrogen (secondary N) is 1. The van der Waals surface area contributed by atoms with Crippen LogP contribution in [0.25, 0.3) is 5.65 Å². The monoisotopic (exact) mass is 326 g/mol. The van der Waals surface area contributed by atoms with E-state index in [0.717, 1.165) is 11.4 Å². The molecule has 7 heteroatoms. The second-order valence-electron chi connectivity index (χ2n) is 5.39. The maximum atomic E-state index is 12.5. The lowest BCUT2D eigenvalue weighted by Crippen LogP contribution is -2.15. The first kappa shape index (κ1) is 15.8. The SMILES string of the molecule is COc1cc(NC(=O)c2cc(C)n3nc(C)cc3n2)cc(OC)c1. The minimum absolute atomic E-state index is 0.310. The van der Waals surface area contributed by atoms with Gasteiger partial charge >= 0.3 is 0 Å². The van der Waals surface area contributed by atoms with Crippen molar-refractivity contribution in [3.63, 3.8) is 0 Å². The van der Waals surface area contributed by atoms with E-state index in [1.807, 2.05) is 19.9 Å². The summed E-state index contributed by atoms with van der Waals surface area (Å²) in [5.41, 5.74) is 3.21. The highest BCUT2D eigenvalue weighted by molar-refractivity contribution is 6.03. The molecule has 0 aliphatic heterocycles. The van der Waals surface area contributed by atoms with Crippen molar-refractivity contribution >= 4 is 17.2 Å². The number of carbonyl (C=O) groups is 1. The normalized spacial score (nSPS) is 10.7. The Labute approximate surface area is 139 Å². The predicted molar refractivity (Wildman–Crippen MR) is 90.0 cm³/mol. The van der Waals surface area contributed by atoms with Gasteiger partial charge in [-0.05, 0) is 19.9 Å². The van der Waals surface area contributed by atoms with E-state index in [1.54, 1.807) is 43.0 Å². The minimum Gasteiger partial charge on any atom is -0.497 e. The molecule has 0 bridgehead atoms. The number of rotatable bonds is 4. The van der Waals surface area contributed by atoms with E-state index in [1.165, 1.54) is 0 Å². The van der Waals surface area contributed by atoms with Crippen LogP contribution in [0.4, 0.5) is 5.69 Å². The van der Waals surface area contributed by atoms with Crippen molar-refractivity contribution in [1.29, 1.82) is 0 Å². The Kier molecular flexibility index (Phi) is 4.07. The Hall–Kier alpha value is -3.09. The molecule has 0 radical (unpaired) electrons. The summed E-state index contributed by atoms with van der Waals surface area (Å²) >= 11 is 0. The van der Waals surface area contributed by atoms with Crippen molar-refractivity contribution in [1.82, 2.24) is 14.6 Å².